The van der Waals surface area contributed by atoms with Gasteiger partial charge in [-0.05, 0) is 37.1 Å². The molecule has 1 aromatic carbocycles. The van der Waals surface area contributed by atoms with Crippen LogP contribution in [0, 0.1) is 13.8 Å². The summed E-state index contributed by atoms with van der Waals surface area (Å²) in [5.74, 6) is -0.907. The molecule has 5 nitrogen and oxygen atoms in total. The van der Waals surface area contributed by atoms with Crippen LogP contribution in [0.2, 0.25) is 5.02 Å². The Morgan fingerprint density at radius 1 is 1.24 bits per heavy atom. The first-order valence-electron chi connectivity index (χ1n) is 6.09. The molecule has 21 heavy (non-hydrogen) atoms. The van der Waals surface area contributed by atoms with E-state index < -0.39 is 20.7 Å². The summed E-state index contributed by atoms with van der Waals surface area (Å²) in [6, 6.07) is 3.02. The molecule has 0 unspecified atom stereocenters. The number of halogens is 1. The Kier molecular flexibility index (Phi) is 5.42. The van der Waals surface area contributed by atoms with Gasteiger partial charge in [-0.3, -0.25) is 0 Å². The maximum Gasteiger partial charge on any atom is 0.351 e. The highest BCUT2D eigenvalue weighted by atomic mass is 35.5. The number of carbonyl (C=O) groups excluding carboxylic acids is 1. The maximum atomic E-state index is 12.7. The number of carbonyl (C=O) groups is 1. The van der Waals surface area contributed by atoms with Crippen LogP contribution in [-0.2, 0) is 19.4 Å². The van der Waals surface area contributed by atoms with Crippen molar-refractivity contribution in [3.8, 4) is 0 Å². The smallest absolute Gasteiger partial charge is 0.351 e. The normalized spacial score (nSPS) is 12.2. The summed E-state index contributed by atoms with van der Waals surface area (Å²) in [4.78, 5) is 12.9. The molecule has 0 radical (unpaired) electrons. The minimum Gasteiger partial charge on any atom is -0.465 e. The molecular formula is C14H18ClNO4S. The first-order valence-corrected chi connectivity index (χ1v) is 7.95. The molecule has 0 spiro atoms. The number of methoxy groups -OCH3 is 1. The maximum absolute atomic E-state index is 12.7. The summed E-state index contributed by atoms with van der Waals surface area (Å²) in [5.41, 5.74) is 1.09. The second kappa shape index (κ2) is 6.49. The predicted molar refractivity (Wildman–Crippen MR) is 81.9 cm³/mol. The average Bonchev–Trinajstić information content (AvgIpc) is 2.38. The number of sulfone groups is 1. The second-order valence-electron chi connectivity index (χ2n) is 4.82. The Morgan fingerprint density at radius 3 is 2.29 bits per heavy atom. The van der Waals surface area contributed by atoms with Gasteiger partial charge in [-0.15, -0.1) is 0 Å². The topological polar surface area (TPSA) is 63.7 Å². The van der Waals surface area contributed by atoms with Gasteiger partial charge in [0.05, 0.1) is 12.0 Å². The fourth-order valence-electron chi connectivity index (χ4n) is 1.73. The Balaban J connectivity index is 3.58. The van der Waals surface area contributed by atoms with Crippen LogP contribution < -0.4 is 0 Å². The van der Waals surface area contributed by atoms with Crippen molar-refractivity contribution in [2.24, 2.45) is 0 Å². The molecule has 1 aromatic rings. The van der Waals surface area contributed by atoms with E-state index in [0.29, 0.717) is 16.1 Å². The van der Waals surface area contributed by atoms with Crippen molar-refractivity contribution in [3.63, 3.8) is 0 Å². The lowest BCUT2D eigenvalue weighted by molar-refractivity contribution is -0.135. The van der Waals surface area contributed by atoms with Gasteiger partial charge < -0.3 is 9.64 Å². The van der Waals surface area contributed by atoms with Crippen molar-refractivity contribution in [3.05, 3.63) is 39.4 Å². The highest BCUT2D eigenvalue weighted by Crippen LogP contribution is 2.28. The first kappa shape index (κ1) is 17.5. The van der Waals surface area contributed by atoms with Crippen molar-refractivity contribution < 1.29 is 17.9 Å². The van der Waals surface area contributed by atoms with Gasteiger partial charge in [0.1, 0.15) is 0 Å². The molecular weight excluding hydrogens is 314 g/mol. The quantitative estimate of drug-likeness (QED) is 0.625. The fraction of sp³-hybridized carbons (Fsp3) is 0.357. The monoisotopic (exact) mass is 331 g/mol. The molecule has 0 saturated heterocycles. The van der Waals surface area contributed by atoms with Gasteiger partial charge in [0.15, 0.2) is 4.91 Å². The molecule has 0 fully saturated rings. The predicted octanol–water partition coefficient (Wildman–Crippen LogP) is 2.31. The van der Waals surface area contributed by atoms with Crippen molar-refractivity contribution in [2.75, 3.05) is 21.2 Å². The van der Waals surface area contributed by atoms with Crippen molar-refractivity contribution in [1.82, 2.24) is 4.90 Å². The number of aryl methyl sites for hydroxylation is 2. The molecule has 116 valence electrons. The lowest BCUT2D eigenvalue weighted by Crippen LogP contribution is -2.19. The number of hydrogen-bond acceptors (Lipinski definition) is 5. The molecule has 0 bridgehead atoms. The molecule has 0 aliphatic rings. The van der Waals surface area contributed by atoms with Crippen molar-refractivity contribution in [2.45, 2.75) is 18.7 Å². The zero-order valence-electron chi connectivity index (χ0n) is 12.6. The van der Waals surface area contributed by atoms with E-state index in [9.17, 15) is 13.2 Å². The number of nitrogens with zero attached hydrogens (tertiary/aromatic N) is 1. The Morgan fingerprint density at radius 2 is 1.81 bits per heavy atom. The third-order valence-electron chi connectivity index (χ3n) is 2.80. The molecule has 0 heterocycles. The van der Waals surface area contributed by atoms with Crippen LogP contribution >= 0.6 is 11.6 Å². The SMILES string of the molecule is COC(=O)/C(=C\N(C)C)S(=O)(=O)c1cc(C)c(Cl)cc1C. The van der Waals surface area contributed by atoms with Crippen molar-refractivity contribution >= 4 is 27.4 Å². The van der Waals surface area contributed by atoms with E-state index in [1.807, 2.05) is 0 Å². The number of benzene rings is 1. The number of esters is 1. The van der Waals surface area contributed by atoms with Crippen LogP contribution in [-0.4, -0.2) is 40.5 Å². The van der Waals surface area contributed by atoms with E-state index in [1.165, 1.54) is 17.2 Å². The minimum absolute atomic E-state index is 0.0444. The zero-order chi connectivity index (χ0) is 16.4. The summed E-state index contributed by atoms with van der Waals surface area (Å²) < 4.78 is 30.0. The van der Waals surface area contributed by atoms with Gasteiger partial charge >= 0.3 is 5.97 Å². The lowest BCUT2D eigenvalue weighted by Gasteiger charge is -2.14. The van der Waals surface area contributed by atoms with E-state index in [1.54, 1.807) is 34.0 Å². The summed E-state index contributed by atoms with van der Waals surface area (Å²) in [7, 11) is 0.396. The van der Waals surface area contributed by atoms with Crippen LogP contribution in [0.25, 0.3) is 0 Å². The number of rotatable bonds is 4. The molecule has 0 saturated carbocycles. The van der Waals surface area contributed by atoms with E-state index >= 15 is 0 Å². The summed E-state index contributed by atoms with van der Waals surface area (Å²) in [6.45, 7) is 3.33. The zero-order valence-corrected chi connectivity index (χ0v) is 14.2. The van der Waals surface area contributed by atoms with E-state index in [2.05, 4.69) is 4.74 Å². The van der Waals surface area contributed by atoms with Crippen molar-refractivity contribution in [1.29, 1.82) is 0 Å². The number of ether oxygens (including phenoxy) is 1. The van der Waals surface area contributed by atoms with E-state index in [-0.39, 0.29) is 4.90 Å². The summed E-state index contributed by atoms with van der Waals surface area (Å²) >= 11 is 5.98. The molecule has 0 amide bonds. The van der Waals surface area contributed by atoms with Crippen LogP contribution in [0.5, 0.6) is 0 Å². The average molecular weight is 332 g/mol. The Hall–Kier alpha value is -1.53. The lowest BCUT2D eigenvalue weighted by atomic mass is 10.2. The minimum atomic E-state index is -3.99. The van der Waals surface area contributed by atoms with Gasteiger partial charge in [0.25, 0.3) is 0 Å². The third kappa shape index (κ3) is 3.77. The molecule has 7 heteroatoms. The first-order chi connectivity index (χ1) is 9.61. The molecule has 0 aliphatic heterocycles. The van der Waals surface area contributed by atoms with E-state index in [0.717, 1.165) is 7.11 Å². The van der Waals surface area contributed by atoms with Gasteiger partial charge in [0, 0.05) is 25.3 Å². The van der Waals surface area contributed by atoms with Gasteiger partial charge in [-0.1, -0.05) is 11.6 Å². The van der Waals surface area contributed by atoms with Crippen LogP contribution in [0.4, 0.5) is 0 Å². The van der Waals surface area contributed by atoms with E-state index in [4.69, 9.17) is 11.6 Å². The Bertz CT molecular complexity index is 693. The number of hydrogen-bond donors (Lipinski definition) is 0. The molecule has 0 aliphatic carbocycles. The summed E-state index contributed by atoms with van der Waals surface area (Å²) in [5, 5.41) is 0.475. The Labute approximate surface area is 130 Å². The molecule has 0 aromatic heterocycles. The van der Waals surface area contributed by atoms with Gasteiger partial charge in [-0.2, -0.15) is 0 Å². The second-order valence-corrected chi connectivity index (χ2v) is 7.11. The summed E-state index contributed by atoms with van der Waals surface area (Å²) in [6.07, 6.45) is 1.23. The standard InChI is InChI=1S/C14H18ClNO4S/c1-9-7-12(10(2)6-11(9)15)21(18,19)13(8-16(3)4)14(17)20-5/h6-8H,1-5H3/b13-8+. The molecule has 1 rings (SSSR count). The van der Waals surface area contributed by atoms with Crippen LogP contribution in [0.1, 0.15) is 11.1 Å². The molecule has 0 atom stereocenters. The van der Waals surface area contributed by atoms with Gasteiger partial charge in [0.2, 0.25) is 9.84 Å². The highest BCUT2D eigenvalue weighted by molar-refractivity contribution is 7.96. The highest BCUT2D eigenvalue weighted by Gasteiger charge is 2.30. The molecule has 0 N–H and O–H groups in total. The van der Waals surface area contributed by atoms with Gasteiger partial charge in [-0.25, -0.2) is 13.2 Å². The van der Waals surface area contributed by atoms with Crippen LogP contribution in [0.3, 0.4) is 0 Å². The fourth-order valence-corrected chi connectivity index (χ4v) is 3.65. The van der Waals surface area contributed by atoms with Crippen LogP contribution in [0.15, 0.2) is 28.1 Å². The largest absolute Gasteiger partial charge is 0.465 e. The third-order valence-corrected chi connectivity index (χ3v) is 5.07.